The van der Waals surface area contributed by atoms with Crippen molar-refractivity contribution >= 4 is 11.6 Å². The first-order chi connectivity index (χ1) is 12.0. The maximum atomic E-state index is 12.2. The normalized spacial score (nSPS) is 16.4. The lowest BCUT2D eigenvalue weighted by Gasteiger charge is -2.35. The Bertz CT molecular complexity index is 566. The quantitative estimate of drug-likeness (QED) is 0.406. The number of nitrogens with zero attached hydrogens (tertiary/aromatic N) is 1. The molecule has 138 valence electrons. The molecule has 0 radical (unpaired) electrons. The first-order valence-electron chi connectivity index (χ1n) is 9.25. The first-order valence-corrected chi connectivity index (χ1v) is 9.25. The lowest BCUT2D eigenvalue weighted by atomic mass is 9.71. The summed E-state index contributed by atoms with van der Waals surface area (Å²) in [5.74, 6) is 0.114. The van der Waals surface area contributed by atoms with E-state index in [9.17, 15) is 14.9 Å². The average Bonchev–Trinajstić information content (AvgIpc) is 2.62. The van der Waals surface area contributed by atoms with Crippen LogP contribution in [0.4, 0.5) is 5.69 Å². The molecular formula is C19H29N3O3. The van der Waals surface area contributed by atoms with Crippen LogP contribution in [0.5, 0.6) is 0 Å². The highest BCUT2D eigenvalue weighted by Gasteiger charge is 2.32. The van der Waals surface area contributed by atoms with Crippen molar-refractivity contribution < 1.29 is 9.72 Å². The number of nitrogens with one attached hydrogen (secondary N) is 1. The number of rotatable bonds is 9. The van der Waals surface area contributed by atoms with Gasteiger partial charge in [0.25, 0.3) is 5.69 Å². The Labute approximate surface area is 149 Å². The van der Waals surface area contributed by atoms with Crippen LogP contribution in [0.2, 0.25) is 0 Å². The maximum absolute atomic E-state index is 12.2. The van der Waals surface area contributed by atoms with E-state index in [2.05, 4.69) is 5.32 Å². The highest BCUT2D eigenvalue weighted by Crippen LogP contribution is 2.38. The SMILES string of the molecule is NCC1(CC(=O)NCCCCc2ccc([N+](=O)[O-])cc2)CCCCC1. The van der Waals surface area contributed by atoms with Gasteiger partial charge in [-0.25, -0.2) is 0 Å². The number of hydrogen-bond acceptors (Lipinski definition) is 4. The summed E-state index contributed by atoms with van der Waals surface area (Å²) in [6.45, 7) is 1.27. The van der Waals surface area contributed by atoms with Crippen LogP contribution in [-0.2, 0) is 11.2 Å². The van der Waals surface area contributed by atoms with Gasteiger partial charge in [0.15, 0.2) is 0 Å². The molecule has 0 spiro atoms. The summed E-state index contributed by atoms with van der Waals surface area (Å²) in [5, 5.41) is 13.6. The van der Waals surface area contributed by atoms with E-state index in [0.717, 1.165) is 37.7 Å². The average molecular weight is 347 g/mol. The third kappa shape index (κ3) is 6.12. The number of aryl methyl sites for hydroxylation is 1. The van der Waals surface area contributed by atoms with Gasteiger partial charge in [-0.05, 0) is 49.6 Å². The van der Waals surface area contributed by atoms with Gasteiger partial charge >= 0.3 is 0 Å². The van der Waals surface area contributed by atoms with E-state index in [0.29, 0.717) is 19.5 Å². The first kappa shape index (κ1) is 19.4. The number of carbonyl (C=O) groups excluding carboxylic acids is 1. The topological polar surface area (TPSA) is 98.3 Å². The molecule has 2 rings (SSSR count). The summed E-state index contributed by atoms with van der Waals surface area (Å²) in [4.78, 5) is 22.4. The molecule has 25 heavy (non-hydrogen) atoms. The Balaban J connectivity index is 1.63. The molecule has 1 aliphatic rings. The van der Waals surface area contributed by atoms with Crippen molar-refractivity contribution in [1.29, 1.82) is 0 Å². The highest BCUT2D eigenvalue weighted by molar-refractivity contribution is 5.76. The number of hydrogen-bond donors (Lipinski definition) is 2. The van der Waals surface area contributed by atoms with Crippen LogP contribution in [0.25, 0.3) is 0 Å². The summed E-state index contributed by atoms with van der Waals surface area (Å²) < 4.78 is 0. The van der Waals surface area contributed by atoms with Crippen LogP contribution >= 0.6 is 0 Å². The van der Waals surface area contributed by atoms with Gasteiger partial charge in [0.2, 0.25) is 5.91 Å². The van der Waals surface area contributed by atoms with Gasteiger partial charge in [-0.2, -0.15) is 0 Å². The summed E-state index contributed by atoms with van der Waals surface area (Å²) in [5.41, 5.74) is 7.15. The predicted molar refractivity (Wildman–Crippen MR) is 98.2 cm³/mol. The number of benzene rings is 1. The number of unbranched alkanes of at least 4 members (excludes halogenated alkanes) is 1. The Morgan fingerprint density at radius 1 is 1.16 bits per heavy atom. The van der Waals surface area contributed by atoms with Crippen molar-refractivity contribution in [3.63, 3.8) is 0 Å². The number of nitro groups is 1. The molecule has 0 atom stereocenters. The lowest BCUT2D eigenvalue weighted by Crippen LogP contribution is -2.38. The molecule has 1 fully saturated rings. The van der Waals surface area contributed by atoms with Crippen LogP contribution in [0.1, 0.15) is 56.9 Å². The monoisotopic (exact) mass is 347 g/mol. The zero-order valence-corrected chi connectivity index (χ0v) is 14.8. The minimum absolute atomic E-state index is 0.0150. The van der Waals surface area contributed by atoms with E-state index in [1.165, 1.54) is 31.4 Å². The van der Waals surface area contributed by atoms with E-state index >= 15 is 0 Å². The molecular weight excluding hydrogens is 318 g/mol. The molecule has 1 aromatic rings. The molecule has 1 aromatic carbocycles. The Kier molecular flexibility index (Phi) is 7.37. The van der Waals surface area contributed by atoms with Gasteiger partial charge in [0.1, 0.15) is 0 Å². The standard InChI is InChI=1S/C19H29N3O3/c20-15-19(11-3-1-4-12-19)14-18(23)21-13-5-2-6-16-7-9-17(10-8-16)22(24)25/h7-10H,1-6,11-15,20H2,(H,21,23). The third-order valence-corrected chi connectivity index (χ3v) is 5.24. The van der Waals surface area contributed by atoms with Crippen molar-refractivity contribution in [1.82, 2.24) is 5.32 Å². The molecule has 6 nitrogen and oxygen atoms in total. The van der Waals surface area contributed by atoms with Gasteiger partial charge < -0.3 is 11.1 Å². The maximum Gasteiger partial charge on any atom is 0.269 e. The second-order valence-electron chi connectivity index (χ2n) is 7.17. The van der Waals surface area contributed by atoms with Gasteiger partial charge in [-0.3, -0.25) is 14.9 Å². The van der Waals surface area contributed by atoms with E-state index in [-0.39, 0.29) is 21.9 Å². The fourth-order valence-electron chi connectivity index (χ4n) is 3.62. The van der Waals surface area contributed by atoms with Crippen LogP contribution in [0.3, 0.4) is 0 Å². The van der Waals surface area contributed by atoms with Gasteiger partial charge in [-0.15, -0.1) is 0 Å². The van der Waals surface area contributed by atoms with E-state index in [1.807, 2.05) is 0 Å². The molecule has 0 heterocycles. The van der Waals surface area contributed by atoms with Gasteiger partial charge in [0, 0.05) is 25.1 Å². The minimum Gasteiger partial charge on any atom is -0.356 e. The zero-order valence-electron chi connectivity index (χ0n) is 14.8. The molecule has 0 aromatic heterocycles. The number of carbonyl (C=O) groups is 1. The Morgan fingerprint density at radius 3 is 2.44 bits per heavy atom. The fourth-order valence-corrected chi connectivity index (χ4v) is 3.62. The number of nitrogens with two attached hydrogens (primary N) is 1. The van der Waals surface area contributed by atoms with Crippen molar-refractivity contribution in [3.05, 3.63) is 39.9 Å². The van der Waals surface area contributed by atoms with Gasteiger partial charge in [-0.1, -0.05) is 31.4 Å². The Hall–Kier alpha value is -1.95. The fraction of sp³-hybridized carbons (Fsp3) is 0.632. The number of nitro benzene ring substituents is 1. The van der Waals surface area contributed by atoms with Crippen LogP contribution in [-0.4, -0.2) is 23.9 Å². The summed E-state index contributed by atoms with van der Waals surface area (Å²) in [6.07, 6.45) is 9.00. The van der Waals surface area contributed by atoms with E-state index in [4.69, 9.17) is 5.73 Å². The largest absolute Gasteiger partial charge is 0.356 e. The van der Waals surface area contributed by atoms with E-state index in [1.54, 1.807) is 12.1 Å². The highest BCUT2D eigenvalue weighted by atomic mass is 16.6. The molecule has 0 saturated heterocycles. The summed E-state index contributed by atoms with van der Waals surface area (Å²) >= 11 is 0. The molecule has 0 bridgehead atoms. The lowest BCUT2D eigenvalue weighted by molar-refractivity contribution is -0.384. The number of non-ortho nitro benzene ring substituents is 1. The molecule has 6 heteroatoms. The zero-order chi connectivity index (χ0) is 18.1. The third-order valence-electron chi connectivity index (χ3n) is 5.24. The smallest absolute Gasteiger partial charge is 0.269 e. The molecule has 0 unspecified atom stereocenters. The van der Waals surface area contributed by atoms with Crippen molar-refractivity contribution in [2.75, 3.05) is 13.1 Å². The number of amides is 1. The van der Waals surface area contributed by atoms with Crippen molar-refractivity contribution in [2.24, 2.45) is 11.1 Å². The molecule has 1 amide bonds. The molecule has 3 N–H and O–H groups in total. The van der Waals surface area contributed by atoms with Crippen LogP contribution in [0, 0.1) is 15.5 Å². The van der Waals surface area contributed by atoms with Crippen molar-refractivity contribution in [3.8, 4) is 0 Å². The molecule has 0 aliphatic heterocycles. The molecule has 1 saturated carbocycles. The van der Waals surface area contributed by atoms with Crippen LogP contribution in [0.15, 0.2) is 24.3 Å². The summed E-state index contributed by atoms with van der Waals surface area (Å²) in [6, 6.07) is 6.66. The van der Waals surface area contributed by atoms with E-state index < -0.39 is 0 Å². The van der Waals surface area contributed by atoms with Gasteiger partial charge in [0.05, 0.1) is 4.92 Å². The second-order valence-corrected chi connectivity index (χ2v) is 7.17. The predicted octanol–water partition coefficient (Wildman–Crippen LogP) is 3.33. The second kappa shape index (κ2) is 9.51. The molecule has 1 aliphatic carbocycles. The van der Waals surface area contributed by atoms with Crippen LogP contribution < -0.4 is 11.1 Å². The summed E-state index contributed by atoms with van der Waals surface area (Å²) in [7, 11) is 0. The minimum atomic E-state index is -0.389. The van der Waals surface area contributed by atoms with Crippen molar-refractivity contribution in [2.45, 2.75) is 57.8 Å². The Morgan fingerprint density at radius 2 is 1.84 bits per heavy atom.